The molecule has 0 aromatic carbocycles. The van der Waals surface area contributed by atoms with Gasteiger partial charge in [0, 0.05) is 6.42 Å². The van der Waals surface area contributed by atoms with Crippen molar-refractivity contribution in [2.75, 3.05) is 6.61 Å². The van der Waals surface area contributed by atoms with E-state index in [-0.39, 0.29) is 24.9 Å². The number of carbonyl (C=O) groups excluding carboxylic acids is 2. The summed E-state index contributed by atoms with van der Waals surface area (Å²) < 4.78 is 5.92. The fourth-order valence-electron chi connectivity index (χ4n) is 8.21. The Morgan fingerprint density at radius 1 is 0.462 bits per heavy atom. The van der Waals surface area contributed by atoms with Gasteiger partial charge in [0.15, 0.2) is 0 Å². The molecule has 0 aliphatic heterocycles. The third-order valence-corrected chi connectivity index (χ3v) is 12.4. The Balaban J connectivity index is 4.62. The van der Waals surface area contributed by atoms with Gasteiger partial charge in [-0.2, -0.15) is 0 Å². The van der Waals surface area contributed by atoms with Gasteiger partial charge in [-0.15, -0.1) is 0 Å². The summed E-state index contributed by atoms with van der Waals surface area (Å²) in [6, 6.07) is -0.719. The standard InChI is InChI=1S/C59H105NO5/c1-4-7-10-13-16-19-22-25-28-29-31-33-36-39-42-45-48-51-57(62)56(54-61)60-58(63)53-55(50-47-44-41-38-35-32-27-24-21-18-15-12-9-6-3)65-59(64)52-49-46-43-40-37-34-30-26-23-20-17-14-11-8-5-2/h8,11,14,17,20,23,26,30,32,34-35,37,55-57,61-62H,4-7,9-10,12-13,15-16,18-19,21-22,24-25,27-29,31,33,36,38-54H2,1-3H3,(H,60,63)/b11-8+,17-14+,23-20-,30-26-,35-32+,37-34+. The zero-order valence-corrected chi connectivity index (χ0v) is 42.9. The fourth-order valence-corrected chi connectivity index (χ4v) is 8.21. The zero-order valence-electron chi connectivity index (χ0n) is 42.9. The molecule has 0 saturated heterocycles. The van der Waals surface area contributed by atoms with Crippen LogP contribution in [0.15, 0.2) is 72.9 Å². The molecule has 0 aromatic heterocycles. The zero-order chi connectivity index (χ0) is 47.4. The Hall–Kier alpha value is -2.70. The highest BCUT2D eigenvalue weighted by atomic mass is 16.5. The summed E-state index contributed by atoms with van der Waals surface area (Å²) in [7, 11) is 0. The predicted octanol–water partition coefficient (Wildman–Crippen LogP) is 17.0. The molecule has 0 aromatic rings. The molecular weight excluding hydrogens is 803 g/mol. The molecular formula is C59H105NO5. The lowest BCUT2D eigenvalue weighted by Crippen LogP contribution is -2.46. The van der Waals surface area contributed by atoms with Crippen molar-refractivity contribution in [2.45, 2.75) is 283 Å². The number of amides is 1. The molecule has 0 spiro atoms. The van der Waals surface area contributed by atoms with Gasteiger partial charge in [-0.1, -0.05) is 254 Å². The van der Waals surface area contributed by atoms with Gasteiger partial charge in [0.1, 0.15) is 6.10 Å². The third-order valence-electron chi connectivity index (χ3n) is 12.4. The lowest BCUT2D eigenvalue weighted by molar-refractivity contribution is -0.151. The number of hydrogen-bond acceptors (Lipinski definition) is 5. The van der Waals surface area contributed by atoms with Crippen LogP contribution in [0.25, 0.3) is 0 Å². The first-order chi connectivity index (χ1) is 32.0. The molecule has 6 nitrogen and oxygen atoms in total. The summed E-state index contributed by atoms with van der Waals surface area (Å²) in [6.45, 7) is 6.34. The van der Waals surface area contributed by atoms with Crippen LogP contribution in [0.5, 0.6) is 0 Å². The van der Waals surface area contributed by atoms with Crippen LogP contribution in [0.1, 0.15) is 265 Å². The van der Waals surface area contributed by atoms with Crippen LogP contribution in [0.4, 0.5) is 0 Å². The van der Waals surface area contributed by atoms with E-state index >= 15 is 0 Å². The molecule has 0 aliphatic rings. The molecule has 3 N–H and O–H groups in total. The lowest BCUT2D eigenvalue weighted by atomic mass is 10.0. The molecule has 1 amide bonds. The molecule has 65 heavy (non-hydrogen) atoms. The number of aliphatic hydroxyl groups excluding tert-OH is 2. The number of allylic oxidation sites excluding steroid dienone is 12. The predicted molar refractivity (Wildman–Crippen MR) is 282 cm³/mol. The van der Waals surface area contributed by atoms with Crippen LogP contribution in [0.3, 0.4) is 0 Å². The monoisotopic (exact) mass is 908 g/mol. The van der Waals surface area contributed by atoms with Crippen molar-refractivity contribution in [2.24, 2.45) is 0 Å². The topological polar surface area (TPSA) is 95.9 Å². The normalized spacial score (nSPS) is 13.7. The maximum Gasteiger partial charge on any atom is 0.306 e. The van der Waals surface area contributed by atoms with Gasteiger partial charge in [0.25, 0.3) is 0 Å². The van der Waals surface area contributed by atoms with Gasteiger partial charge in [-0.05, 0) is 70.6 Å². The number of ether oxygens (including phenoxy) is 1. The smallest absolute Gasteiger partial charge is 0.306 e. The minimum Gasteiger partial charge on any atom is -0.462 e. The van der Waals surface area contributed by atoms with Gasteiger partial charge in [0.05, 0.1) is 25.2 Å². The SMILES string of the molecule is CC/C=C/C=C/C=C\C=C/C=C/CCCCCC(=O)OC(CCCCC/C=C/CCCCCCCCC)CC(=O)NC(CO)C(O)CCCCCCCCCCCCCCCCCCC. The molecule has 6 heteroatoms. The number of rotatable bonds is 49. The van der Waals surface area contributed by atoms with Crippen LogP contribution >= 0.6 is 0 Å². The van der Waals surface area contributed by atoms with Crippen molar-refractivity contribution in [1.29, 1.82) is 0 Å². The van der Waals surface area contributed by atoms with E-state index in [1.807, 2.05) is 36.5 Å². The van der Waals surface area contributed by atoms with E-state index < -0.39 is 18.2 Å². The number of esters is 1. The Morgan fingerprint density at radius 3 is 1.32 bits per heavy atom. The van der Waals surface area contributed by atoms with Crippen molar-refractivity contribution in [3.63, 3.8) is 0 Å². The molecule has 0 aliphatic carbocycles. The van der Waals surface area contributed by atoms with Crippen molar-refractivity contribution in [3.8, 4) is 0 Å². The molecule has 0 rings (SSSR count). The van der Waals surface area contributed by atoms with Crippen LogP contribution in [0.2, 0.25) is 0 Å². The summed E-state index contributed by atoms with van der Waals surface area (Å²) in [5.41, 5.74) is 0. The quantitative estimate of drug-likeness (QED) is 0.0245. The minimum atomic E-state index is -0.803. The fraction of sp³-hybridized carbons (Fsp3) is 0.763. The van der Waals surface area contributed by atoms with Crippen LogP contribution in [0, 0.1) is 0 Å². The van der Waals surface area contributed by atoms with E-state index in [0.717, 1.165) is 83.5 Å². The summed E-state index contributed by atoms with van der Waals surface area (Å²) in [4.78, 5) is 26.2. The average Bonchev–Trinajstić information content (AvgIpc) is 3.30. The van der Waals surface area contributed by atoms with Gasteiger partial charge in [-0.25, -0.2) is 0 Å². The molecule has 0 heterocycles. The summed E-state index contributed by atoms with van der Waals surface area (Å²) in [5, 5.41) is 23.9. The summed E-state index contributed by atoms with van der Waals surface area (Å²) in [5.74, 6) is -0.535. The van der Waals surface area contributed by atoms with E-state index in [0.29, 0.717) is 19.3 Å². The van der Waals surface area contributed by atoms with Crippen LogP contribution in [-0.2, 0) is 14.3 Å². The van der Waals surface area contributed by atoms with Crippen molar-refractivity contribution in [3.05, 3.63) is 72.9 Å². The van der Waals surface area contributed by atoms with Crippen molar-refractivity contribution in [1.82, 2.24) is 5.32 Å². The summed E-state index contributed by atoms with van der Waals surface area (Å²) in [6.07, 6.45) is 66.8. The maximum atomic E-state index is 13.2. The number of unbranched alkanes of at least 4 members (excludes halogenated alkanes) is 29. The molecule has 0 saturated carbocycles. The van der Waals surface area contributed by atoms with Crippen molar-refractivity contribution < 1.29 is 24.5 Å². The van der Waals surface area contributed by atoms with Crippen molar-refractivity contribution >= 4 is 11.9 Å². The Morgan fingerprint density at radius 2 is 0.846 bits per heavy atom. The highest BCUT2D eigenvalue weighted by molar-refractivity contribution is 5.77. The second-order valence-corrected chi connectivity index (χ2v) is 18.7. The number of hydrogen-bond donors (Lipinski definition) is 3. The Kier molecular flexibility index (Phi) is 50.1. The highest BCUT2D eigenvalue weighted by Crippen LogP contribution is 2.18. The van der Waals surface area contributed by atoms with Crippen LogP contribution in [-0.4, -0.2) is 46.9 Å². The first-order valence-electron chi connectivity index (χ1n) is 27.7. The molecule has 3 atom stereocenters. The first-order valence-corrected chi connectivity index (χ1v) is 27.7. The minimum absolute atomic E-state index is 0.0477. The average molecular weight is 908 g/mol. The Labute approximate surface area is 402 Å². The van der Waals surface area contributed by atoms with Gasteiger partial charge < -0.3 is 20.3 Å². The molecule has 0 radical (unpaired) electrons. The Bertz CT molecular complexity index is 1200. The summed E-state index contributed by atoms with van der Waals surface area (Å²) >= 11 is 0. The molecule has 0 fully saturated rings. The molecule has 376 valence electrons. The van der Waals surface area contributed by atoms with Gasteiger partial charge in [0.2, 0.25) is 5.91 Å². The van der Waals surface area contributed by atoms with E-state index in [4.69, 9.17) is 4.74 Å². The second-order valence-electron chi connectivity index (χ2n) is 18.7. The number of nitrogens with one attached hydrogen (secondary N) is 1. The molecule has 0 bridgehead atoms. The third kappa shape index (κ3) is 47.6. The number of aliphatic hydroxyl groups is 2. The van der Waals surface area contributed by atoms with Gasteiger partial charge >= 0.3 is 5.97 Å². The van der Waals surface area contributed by atoms with E-state index in [2.05, 4.69) is 62.5 Å². The van der Waals surface area contributed by atoms with E-state index in [1.165, 1.54) is 135 Å². The molecule has 3 unspecified atom stereocenters. The maximum absolute atomic E-state index is 13.2. The number of carbonyl (C=O) groups is 2. The lowest BCUT2D eigenvalue weighted by Gasteiger charge is -2.24. The largest absolute Gasteiger partial charge is 0.462 e. The van der Waals surface area contributed by atoms with E-state index in [1.54, 1.807) is 0 Å². The second kappa shape index (κ2) is 52.3. The van der Waals surface area contributed by atoms with E-state index in [9.17, 15) is 19.8 Å². The van der Waals surface area contributed by atoms with Gasteiger partial charge in [-0.3, -0.25) is 9.59 Å². The first kappa shape index (κ1) is 62.3. The highest BCUT2D eigenvalue weighted by Gasteiger charge is 2.24. The van der Waals surface area contributed by atoms with Crippen LogP contribution < -0.4 is 5.32 Å².